The van der Waals surface area contributed by atoms with Gasteiger partial charge in [0, 0.05) is 22.9 Å². The maximum absolute atomic E-state index is 12.7. The Hall–Kier alpha value is -3.46. The second-order valence-corrected chi connectivity index (χ2v) is 6.35. The molecule has 1 aromatic heterocycles. The second kappa shape index (κ2) is 5.81. The van der Waals surface area contributed by atoms with Gasteiger partial charge in [-0.2, -0.15) is 0 Å². The van der Waals surface area contributed by atoms with Gasteiger partial charge in [-0.15, -0.1) is 0 Å². The zero-order valence-corrected chi connectivity index (χ0v) is 14.0. The molecule has 4 aromatic rings. The minimum atomic E-state index is 0.0304. The van der Waals surface area contributed by atoms with Gasteiger partial charge in [0.1, 0.15) is 12.4 Å². The lowest BCUT2D eigenvalue weighted by atomic mass is 10.0. The van der Waals surface area contributed by atoms with E-state index in [9.17, 15) is 4.79 Å². The Bertz CT molecular complexity index is 1150. The molecule has 3 nitrogen and oxygen atoms in total. The van der Waals surface area contributed by atoms with E-state index in [-0.39, 0.29) is 5.78 Å². The van der Waals surface area contributed by atoms with Crippen molar-refractivity contribution in [2.24, 2.45) is 0 Å². The van der Waals surface area contributed by atoms with Gasteiger partial charge in [0.05, 0.1) is 10.9 Å². The van der Waals surface area contributed by atoms with Crippen molar-refractivity contribution in [2.45, 2.75) is 6.61 Å². The standard InChI is InChI=1S/C23H15NO2/c25-23-17-10-5-4-9-16(17)21-18(23)13-24-19-11-6-12-20(22(19)21)26-14-15-7-2-1-3-8-15/h1-13H,14H2. The number of pyridine rings is 1. The molecule has 0 N–H and O–H groups in total. The van der Waals surface area contributed by atoms with Gasteiger partial charge in [0.25, 0.3) is 0 Å². The summed E-state index contributed by atoms with van der Waals surface area (Å²) in [5, 5.41) is 0.902. The van der Waals surface area contributed by atoms with Gasteiger partial charge < -0.3 is 4.74 Å². The van der Waals surface area contributed by atoms with Crippen molar-refractivity contribution in [1.29, 1.82) is 0 Å². The summed E-state index contributed by atoms with van der Waals surface area (Å²) in [5.41, 5.74) is 5.19. The van der Waals surface area contributed by atoms with Crippen molar-refractivity contribution in [2.75, 3.05) is 0 Å². The fourth-order valence-corrected chi connectivity index (χ4v) is 3.56. The van der Waals surface area contributed by atoms with E-state index in [1.165, 1.54) is 0 Å². The monoisotopic (exact) mass is 337 g/mol. The Kier molecular flexibility index (Phi) is 3.32. The molecule has 0 bridgehead atoms. The summed E-state index contributed by atoms with van der Waals surface area (Å²) >= 11 is 0. The van der Waals surface area contributed by atoms with E-state index in [0.29, 0.717) is 12.2 Å². The average Bonchev–Trinajstić information content (AvgIpc) is 3.00. The first-order valence-electron chi connectivity index (χ1n) is 8.55. The SMILES string of the molecule is O=C1c2ccccc2-c2c1cnc1cccc(OCc3ccccc3)c21. The summed E-state index contributed by atoms with van der Waals surface area (Å²) < 4.78 is 6.13. The first kappa shape index (κ1) is 14.8. The summed E-state index contributed by atoms with van der Waals surface area (Å²) in [6.07, 6.45) is 1.68. The quantitative estimate of drug-likeness (QED) is 0.464. The summed E-state index contributed by atoms with van der Waals surface area (Å²) in [6.45, 7) is 0.471. The summed E-state index contributed by atoms with van der Waals surface area (Å²) in [5.74, 6) is 0.781. The van der Waals surface area contributed by atoms with E-state index in [4.69, 9.17) is 4.74 Å². The van der Waals surface area contributed by atoms with Gasteiger partial charge in [-0.25, -0.2) is 0 Å². The molecule has 1 aliphatic rings. The van der Waals surface area contributed by atoms with Crippen LogP contribution in [0.5, 0.6) is 5.75 Å². The van der Waals surface area contributed by atoms with Gasteiger partial charge >= 0.3 is 0 Å². The lowest BCUT2D eigenvalue weighted by molar-refractivity contribution is 0.104. The Labute approximate surface area is 150 Å². The zero-order valence-electron chi connectivity index (χ0n) is 14.0. The average molecular weight is 337 g/mol. The Morgan fingerprint density at radius 3 is 2.38 bits per heavy atom. The van der Waals surface area contributed by atoms with Crippen LogP contribution >= 0.6 is 0 Å². The number of fused-ring (bicyclic) bond motifs is 5. The fourth-order valence-electron chi connectivity index (χ4n) is 3.56. The first-order valence-corrected chi connectivity index (χ1v) is 8.55. The summed E-state index contributed by atoms with van der Waals surface area (Å²) in [6, 6.07) is 23.6. The maximum atomic E-state index is 12.7. The highest BCUT2D eigenvalue weighted by Crippen LogP contribution is 2.43. The van der Waals surface area contributed by atoms with Crippen LogP contribution in [0.2, 0.25) is 0 Å². The van der Waals surface area contributed by atoms with Gasteiger partial charge in [0.2, 0.25) is 0 Å². The first-order chi connectivity index (χ1) is 12.8. The highest BCUT2D eigenvalue weighted by molar-refractivity contribution is 6.26. The van der Waals surface area contributed by atoms with Gasteiger partial charge in [-0.3, -0.25) is 9.78 Å². The molecule has 0 unspecified atom stereocenters. The zero-order chi connectivity index (χ0) is 17.5. The molecule has 124 valence electrons. The second-order valence-electron chi connectivity index (χ2n) is 6.35. The molecule has 5 rings (SSSR count). The molecule has 3 aromatic carbocycles. The normalized spacial score (nSPS) is 12.1. The topological polar surface area (TPSA) is 39.2 Å². The predicted molar refractivity (Wildman–Crippen MR) is 101 cm³/mol. The molecule has 0 atom stereocenters. The number of ether oxygens (including phenoxy) is 1. The lowest BCUT2D eigenvalue weighted by Crippen LogP contribution is -1.99. The molecular weight excluding hydrogens is 322 g/mol. The fraction of sp³-hybridized carbons (Fsp3) is 0.0435. The number of nitrogens with zero attached hydrogens (tertiary/aromatic N) is 1. The van der Waals surface area contributed by atoms with Gasteiger partial charge in [0.15, 0.2) is 5.78 Å². The molecule has 0 amide bonds. The third kappa shape index (κ3) is 2.21. The van der Waals surface area contributed by atoms with Crippen molar-refractivity contribution in [3.05, 3.63) is 95.7 Å². The number of hydrogen-bond donors (Lipinski definition) is 0. The van der Waals surface area contributed by atoms with E-state index in [2.05, 4.69) is 4.98 Å². The molecule has 0 radical (unpaired) electrons. The van der Waals surface area contributed by atoms with Crippen LogP contribution in [-0.4, -0.2) is 10.8 Å². The Balaban J connectivity index is 1.69. The van der Waals surface area contributed by atoms with Crippen molar-refractivity contribution in [3.8, 4) is 16.9 Å². The third-order valence-electron chi connectivity index (χ3n) is 4.78. The molecule has 3 heteroatoms. The smallest absolute Gasteiger partial charge is 0.195 e. The number of carbonyl (C=O) groups excluding carboxylic acids is 1. The number of carbonyl (C=O) groups is 1. The number of ketones is 1. The van der Waals surface area contributed by atoms with E-state index < -0.39 is 0 Å². The minimum absolute atomic E-state index is 0.0304. The number of benzene rings is 3. The van der Waals surface area contributed by atoms with Crippen molar-refractivity contribution in [1.82, 2.24) is 4.98 Å². The van der Waals surface area contributed by atoms with E-state index in [1.807, 2.05) is 72.8 Å². The van der Waals surface area contributed by atoms with Crippen LogP contribution in [0, 0.1) is 0 Å². The van der Waals surface area contributed by atoms with Crippen LogP contribution < -0.4 is 4.74 Å². The molecule has 0 aliphatic heterocycles. The predicted octanol–water partition coefficient (Wildman–Crippen LogP) is 5.03. The largest absolute Gasteiger partial charge is 0.488 e. The van der Waals surface area contributed by atoms with Crippen LogP contribution in [-0.2, 0) is 6.61 Å². The molecule has 0 fully saturated rings. The number of aromatic nitrogens is 1. The van der Waals surface area contributed by atoms with Crippen molar-refractivity contribution in [3.63, 3.8) is 0 Å². The number of hydrogen-bond acceptors (Lipinski definition) is 3. The van der Waals surface area contributed by atoms with E-state index in [0.717, 1.165) is 38.9 Å². The maximum Gasteiger partial charge on any atom is 0.195 e. The van der Waals surface area contributed by atoms with E-state index in [1.54, 1.807) is 6.20 Å². The van der Waals surface area contributed by atoms with Gasteiger partial charge in [-0.05, 0) is 23.3 Å². The highest BCUT2D eigenvalue weighted by Gasteiger charge is 2.29. The lowest BCUT2D eigenvalue weighted by Gasteiger charge is -2.12. The highest BCUT2D eigenvalue weighted by atomic mass is 16.5. The van der Waals surface area contributed by atoms with Crippen LogP contribution in [0.4, 0.5) is 0 Å². The molecule has 1 aliphatic carbocycles. The Morgan fingerprint density at radius 1 is 0.769 bits per heavy atom. The van der Waals surface area contributed by atoms with Crippen LogP contribution in [0.3, 0.4) is 0 Å². The molecule has 26 heavy (non-hydrogen) atoms. The van der Waals surface area contributed by atoms with Crippen LogP contribution in [0.15, 0.2) is 79.0 Å². The Morgan fingerprint density at radius 2 is 1.54 bits per heavy atom. The van der Waals surface area contributed by atoms with Crippen LogP contribution in [0.25, 0.3) is 22.0 Å². The number of rotatable bonds is 3. The minimum Gasteiger partial charge on any atom is -0.488 e. The molecule has 0 spiro atoms. The summed E-state index contributed by atoms with van der Waals surface area (Å²) in [4.78, 5) is 17.2. The molecular formula is C23H15NO2. The summed E-state index contributed by atoms with van der Waals surface area (Å²) in [7, 11) is 0. The van der Waals surface area contributed by atoms with Gasteiger partial charge in [-0.1, -0.05) is 60.7 Å². The molecule has 0 saturated carbocycles. The van der Waals surface area contributed by atoms with E-state index >= 15 is 0 Å². The third-order valence-corrected chi connectivity index (χ3v) is 4.78. The molecule has 0 saturated heterocycles. The van der Waals surface area contributed by atoms with Crippen molar-refractivity contribution < 1.29 is 9.53 Å². The molecule has 1 heterocycles. The van der Waals surface area contributed by atoms with Crippen molar-refractivity contribution >= 4 is 16.7 Å². The van der Waals surface area contributed by atoms with Crippen LogP contribution in [0.1, 0.15) is 21.5 Å².